The molecule has 0 bridgehead atoms. The van der Waals surface area contributed by atoms with Crippen molar-refractivity contribution in [3.63, 3.8) is 0 Å². The standard InChI is InChI=1S/C8H14O4.K.Na.2H/c1-4-8(5(2)3,6(9)10)7(11)12;;;;/h5H,4H2,1-3H3,(H,9,10)(H,11,12);;;;/q;2*+1;2*-1. The summed E-state index contributed by atoms with van der Waals surface area (Å²) >= 11 is 0. The molecule has 0 aliphatic carbocycles. The van der Waals surface area contributed by atoms with Gasteiger partial charge in [-0.3, -0.25) is 9.59 Å². The summed E-state index contributed by atoms with van der Waals surface area (Å²) in [5, 5.41) is 17.6. The summed E-state index contributed by atoms with van der Waals surface area (Å²) < 4.78 is 0. The summed E-state index contributed by atoms with van der Waals surface area (Å²) in [6, 6.07) is 0. The number of carboxylic acids is 2. The second-order valence-electron chi connectivity index (χ2n) is 3.09. The van der Waals surface area contributed by atoms with Gasteiger partial charge in [-0.15, -0.1) is 0 Å². The third-order valence-electron chi connectivity index (χ3n) is 2.31. The van der Waals surface area contributed by atoms with Gasteiger partial charge in [0.15, 0.2) is 5.41 Å². The monoisotopic (exact) mass is 238 g/mol. The van der Waals surface area contributed by atoms with Gasteiger partial charge in [0.1, 0.15) is 0 Å². The van der Waals surface area contributed by atoms with E-state index in [-0.39, 0.29) is 90.2 Å². The topological polar surface area (TPSA) is 74.6 Å². The summed E-state index contributed by atoms with van der Waals surface area (Å²) in [7, 11) is 0. The molecular formula is C8H16KNaO4. The van der Waals surface area contributed by atoms with Crippen LogP contribution in [0, 0.1) is 11.3 Å². The first kappa shape index (κ1) is 20.9. The fraction of sp³-hybridized carbons (Fsp3) is 0.750. The van der Waals surface area contributed by atoms with Crippen LogP contribution in [0.1, 0.15) is 30.0 Å². The van der Waals surface area contributed by atoms with Crippen molar-refractivity contribution in [2.45, 2.75) is 27.2 Å². The van der Waals surface area contributed by atoms with Crippen LogP contribution in [0.5, 0.6) is 0 Å². The molecule has 0 spiro atoms. The molecule has 0 amide bonds. The van der Waals surface area contributed by atoms with Gasteiger partial charge in [-0.1, -0.05) is 20.8 Å². The number of carbonyl (C=O) groups is 2. The molecule has 0 aromatic carbocycles. The van der Waals surface area contributed by atoms with Crippen molar-refractivity contribution in [1.82, 2.24) is 0 Å². The van der Waals surface area contributed by atoms with Crippen LogP contribution in [-0.4, -0.2) is 22.2 Å². The summed E-state index contributed by atoms with van der Waals surface area (Å²) in [6.45, 7) is 4.78. The normalized spacial score (nSPS) is 10.0. The fourth-order valence-electron chi connectivity index (χ4n) is 1.30. The van der Waals surface area contributed by atoms with Crippen LogP contribution < -0.4 is 80.9 Å². The van der Waals surface area contributed by atoms with E-state index >= 15 is 0 Å². The minimum absolute atomic E-state index is 0. The molecule has 0 radical (unpaired) electrons. The van der Waals surface area contributed by atoms with Crippen LogP contribution in [0.25, 0.3) is 0 Å². The van der Waals surface area contributed by atoms with Crippen LogP contribution in [0.15, 0.2) is 0 Å². The van der Waals surface area contributed by atoms with Crippen molar-refractivity contribution in [1.29, 1.82) is 0 Å². The molecule has 0 rings (SSSR count). The minimum atomic E-state index is -1.63. The van der Waals surface area contributed by atoms with Gasteiger partial charge in [0.2, 0.25) is 0 Å². The first-order chi connectivity index (χ1) is 5.39. The Morgan fingerprint density at radius 2 is 1.57 bits per heavy atom. The second kappa shape index (κ2) is 8.70. The molecule has 6 heteroatoms. The summed E-state index contributed by atoms with van der Waals surface area (Å²) in [5.74, 6) is -2.92. The molecule has 74 valence electrons. The third-order valence-corrected chi connectivity index (χ3v) is 2.31. The zero-order chi connectivity index (χ0) is 9.94. The Morgan fingerprint density at radius 1 is 1.29 bits per heavy atom. The van der Waals surface area contributed by atoms with Crippen molar-refractivity contribution in [2.75, 3.05) is 0 Å². The third kappa shape index (κ3) is 4.21. The van der Waals surface area contributed by atoms with Crippen molar-refractivity contribution >= 4 is 11.9 Å². The van der Waals surface area contributed by atoms with E-state index in [1.54, 1.807) is 20.8 Å². The van der Waals surface area contributed by atoms with E-state index in [2.05, 4.69) is 0 Å². The van der Waals surface area contributed by atoms with Gasteiger partial charge in [0.25, 0.3) is 0 Å². The Hall–Kier alpha value is 1.58. The smallest absolute Gasteiger partial charge is 1.00 e. The molecule has 0 fully saturated rings. The van der Waals surface area contributed by atoms with Crippen molar-refractivity contribution in [3.8, 4) is 0 Å². The van der Waals surface area contributed by atoms with Crippen LogP contribution in [0.2, 0.25) is 0 Å². The van der Waals surface area contributed by atoms with E-state index in [0.717, 1.165) is 0 Å². The summed E-state index contributed by atoms with van der Waals surface area (Å²) in [5.41, 5.74) is -1.63. The summed E-state index contributed by atoms with van der Waals surface area (Å²) in [4.78, 5) is 21.5. The first-order valence-corrected chi connectivity index (χ1v) is 3.86. The molecule has 0 aliphatic rings. The molecule has 0 aliphatic heterocycles. The Kier molecular flexibility index (Phi) is 13.0. The molecule has 2 N–H and O–H groups in total. The number of aliphatic carboxylic acids is 2. The average Bonchev–Trinajstić information content (AvgIpc) is 1.86. The molecule has 0 saturated heterocycles. The fourth-order valence-corrected chi connectivity index (χ4v) is 1.30. The number of hydrogen-bond acceptors (Lipinski definition) is 2. The van der Waals surface area contributed by atoms with Gasteiger partial charge in [-0.2, -0.15) is 0 Å². The van der Waals surface area contributed by atoms with Gasteiger partial charge >= 0.3 is 92.9 Å². The van der Waals surface area contributed by atoms with Crippen LogP contribution in [-0.2, 0) is 9.59 Å². The maximum atomic E-state index is 10.8. The van der Waals surface area contributed by atoms with E-state index in [9.17, 15) is 9.59 Å². The van der Waals surface area contributed by atoms with Gasteiger partial charge in [0.05, 0.1) is 0 Å². The Balaban J connectivity index is -0.000000101. The number of carboxylic acid groups (broad SMARTS) is 2. The minimum Gasteiger partial charge on any atom is -1.00 e. The van der Waals surface area contributed by atoms with E-state index in [1.165, 1.54) is 0 Å². The number of rotatable bonds is 4. The maximum absolute atomic E-state index is 10.8. The Morgan fingerprint density at radius 3 is 1.57 bits per heavy atom. The van der Waals surface area contributed by atoms with Crippen LogP contribution >= 0.6 is 0 Å². The average molecular weight is 238 g/mol. The quantitative estimate of drug-likeness (QED) is 0.382. The Bertz CT molecular complexity index is 200. The predicted octanol–water partition coefficient (Wildman–Crippen LogP) is -4.56. The van der Waals surface area contributed by atoms with Crippen molar-refractivity contribution < 1.29 is 104 Å². The largest absolute Gasteiger partial charge is 1.00 e. The van der Waals surface area contributed by atoms with Gasteiger partial charge in [0, 0.05) is 0 Å². The SMILES string of the molecule is CCC(C(=O)O)(C(=O)O)C(C)C.[H-].[H-].[K+].[Na+]. The van der Waals surface area contributed by atoms with E-state index < -0.39 is 23.3 Å². The molecule has 0 aromatic rings. The maximum Gasteiger partial charge on any atom is 1.00 e. The molecule has 0 atom stereocenters. The summed E-state index contributed by atoms with van der Waals surface area (Å²) in [6.07, 6.45) is 0.106. The molecular weight excluding hydrogens is 222 g/mol. The second-order valence-corrected chi connectivity index (χ2v) is 3.09. The molecule has 0 heterocycles. The van der Waals surface area contributed by atoms with E-state index in [1.807, 2.05) is 0 Å². The van der Waals surface area contributed by atoms with Crippen molar-refractivity contribution in [3.05, 3.63) is 0 Å². The molecule has 0 saturated carbocycles. The van der Waals surface area contributed by atoms with Crippen LogP contribution in [0.3, 0.4) is 0 Å². The molecule has 4 nitrogen and oxygen atoms in total. The molecule has 0 aromatic heterocycles. The first-order valence-electron chi connectivity index (χ1n) is 3.86. The molecule has 14 heavy (non-hydrogen) atoms. The van der Waals surface area contributed by atoms with Gasteiger partial charge in [-0.05, 0) is 12.3 Å². The molecule has 0 unspecified atom stereocenters. The van der Waals surface area contributed by atoms with Crippen LogP contribution in [0.4, 0.5) is 0 Å². The van der Waals surface area contributed by atoms with Gasteiger partial charge in [-0.25, -0.2) is 0 Å². The zero-order valence-corrected chi connectivity index (χ0v) is 14.6. The van der Waals surface area contributed by atoms with Gasteiger partial charge < -0.3 is 13.1 Å². The van der Waals surface area contributed by atoms with E-state index in [4.69, 9.17) is 10.2 Å². The number of hydrogen-bond donors (Lipinski definition) is 2. The zero-order valence-electron chi connectivity index (χ0n) is 11.5. The van der Waals surface area contributed by atoms with E-state index in [0.29, 0.717) is 0 Å². The van der Waals surface area contributed by atoms with Crippen molar-refractivity contribution in [2.24, 2.45) is 11.3 Å². The Labute approximate surface area is 152 Å². The predicted molar refractivity (Wildman–Crippen MR) is 45.1 cm³/mol.